The fourth-order valence-corrected chi connectivity index (χ4v) is 3.04. The topological polar surface area (TPSA) is 109 Å². The third-order valence-electron chi connectivity index (χ3n) is 4.51. The van der Waals surface area contributed by atoms with Crippen molar-refractivity contribution in [2.24, 2.45) is 17.6 Å². The molecule has 0 spiro atoms. The molecule has 4 N–H and O–H groups in total. The van der Waals surface area contributed by atoms with Crippen LogP contribution in [0.5, 0.6) is 5.75 Å². The molecule has 2 heterocycles. The van der Waals surface area contributed by atoms with E-state index in [0.29, 0.717) is 19.0 Å². The summed E-state index contributed by atoms with van der Waals surface area (Å²) in [6.45, 7) is 5.20. The van der Waals surface area contributed by atoms with Crippen LogP contribution in [0.3, 0.4) is 0 Å². The molecule has 7 heteroatoms. The molecule has 1 aromatic heterocycles. The summed E-state index contributed by atoms with van der Waals surface area (Å²) in [5, 5.41) is 12.1. The van der Waals surface area contributed by atoms with Crippen LogP contribution >= 0.6 is 0 Å². The first-order chi connectivity index (χ1) is 10.9. The number of pyridine rings is 1. The van der Waals surface area contributed by atoms with Crippen molar-refractivity contribution in [1.82, 2.24) is 15.2 Å². The van der Waals surface area contributed by atoms with Crippen LogP contribution in [0.4, 0.5) is 0 Å². The number of nitrogens with zero attached hydrogens (tertiary/aromatic N) is 2. The summed E-state index contributed by atoms with van der Waals surface area (Å²) in [4.78, 5) is 30.0. The first-order valence-electron chi connectivity index (χ1n) is 7.85. The van der Waals surface area contributed by atoms with E-state index in [4.69, 9.17) is 5.73 Å². The summed E-state index contributed by atoms with van der Waals surface area (Å²) in [6, 6.07) is 3.03. The molecule has 3 unspecified atom stereocenters. The van der Waals surface area contributed by atoms with Crippen LogP contribution < -0.4 is 11.1 Å². The maximum absolute atomic E-state index is 12.4. The zero-order valence-electron chi connectivity index (χ0n) is 13.5. The van der Waals surface area contributed by atoms with Crippen LogP contribution in [0.2, 0.25) is 0 Å². The molecule has 3 atom stereocenters. The van der Waals surface area contributed by atoms with Gasteiger partial charge in [-0.1, -0.05) is 6.92 Å². The molecule has 0 saturated carbocycles. The number of carbonyl (C=O) groups excluding carboxylic acids is 2. The van der Waals surface area contributed by atoms with Crippen molar-refractivity contribution in [1.29, 1.82) is 0 Å². The number of hydrogen-bond acceptors (Lipinski definition) is 5. The Kier molecular flexibility index (Phi) is 5.54. The highest BCUT2D eigenvalue weighted by Crippen LogP contribution is 2.26. The lowest BCUT2D eigenvalue weighted by Gasteiger charge is -2.41. The van der Waals surface area contributed by atoms with Gasteiger partial charge in [0.25, 0.3) is 5.91 Å². The van der Waals surface area contributed by atoms with Gasteiger partial charge in [0.1, 0.15) is 5.75 Å². The standard InChI is InChI=1S/C16H24N4O3/c1-10-6-11(2)20(9-12(10)7-17)14(22)8-19-16(23)15-13(21)4-3-5-18-15/h3-5,10-12,21H,6-9,17H2,1-2H3,(H,19,23). The quantitative estimate of drug-likeness (QED) is 0.742. The third-order valence-corrected chi connectivity index (χ3v) is 4.51. The number of nitrogens with two attached hydrogens (primary N) is 1. The number of carbonyl (C=O) groups is 2. The molecule has 1 fully saturated rings. The van der Waals surface area contributed by atoms with Gasteiger partial charge in [0.2, 0.25) is 5.91 Å². The number of hydrogen-bond donors (Lipinski definition) is 3. The van der Waals surface area contributed by atoms with E-state index in [9.17, 15) is 14.7 Å². The first-order valence-corrected chi connectivity index (χ1v) is 7.85. The molecule has 2 amide bonds. The lowest BCUT2D eigenvalue weighted by Crippen LogP contribution is -2.52. The zero-order valence-corrected chi connectivity index (χ0v) is 13.5. The van der Waals surface area contributed by atoms with Crippen molar-refractivity contribution >= 4 is 11.8 Å². The van der Waals surface area contributed by atoms with Crippen molar-refractivity contribution in [3.8, 4) is 5.75 Å². The number of aromatic nitrogens is 1. The van der Waals surface area contributed by atoms with Crippen molar-refractivity contribution < 1.29 is 14.7 Å². The van der Waals surface area contributed by atoms with Gasteiger partial charge in [0.05, 0.1) is 6.54 Å². The highest BCUT2D eigenvalue weighted by molar-refractivity contribution is 5.96. The van der Waals surface area contributed by atoms with Gasteiger partial charge in [0, 0.05) is 18.8 Å². The third kappa shape index (κ3) is 3.98. The molecule has 126 valence electrons. The minimum atomic E-state index is -0.565. The Hall–Kier alpha value is -2.15. The lowest BCUT2D eigenvalue weighted by atomic mass is 9.83. The van der Waals surface area contributed by atoms with E-state index in [1.807, 2.05) is 6.92 Å². The van der Waals surface area contributed by atoms with E-state index < -0.39 is 5.91 Å². The van der Waals surface area contributed by atoms with Gasteiger partial charge in [-0.25, -0.2) is 4.98 Å². The maximum Gasteiger partial charge on any atom is 0.274 e. The predicted octanol–water partition coefficient (Wildman–Crippen LogP) is 0.349. The van der Waals surface area contributed by atoms with E-state index in [0.717, 1.165) is 6.42 Å². The summed E-state index contributed by atoms with van der Waals surface area (Å²) in [5.74, 6) is -0.151. The van der Waals surface area contributed by atoms with Crippen LogP contribution in [-0.4, -0.2) is 52.5 Å². The number of nitrogens with one attached hydrogen (secondary N) is 1. The first kappa shape index (κ1) is 17.2. The highest BCUT2D eigenvalue weighted by atomic mass is 16.3. The molecule has 1 aliphatic heterocycles. The second-order valence-corrected chi connectivity index (χ2v) is 6.16. The van der Waals surface area contributed by atoms with Gasteiger partial charge < -0.3 is 21.1 Å². The van der Waals surface area contributed by atoms with E-state index in [2.05, 4.69) is 17.2 Å². The normalized spacial score (nSPS) is 24.3. The lowest BCUT2D eigenvalue weighted by molar-refractivity contribution is -0.135. The number of piperidine rings is 1. The second kappa shape index (κ2) is 7.41. The Morgan fingerprint density at radius 2 is 2.22 bits per heavy atom. The Morgan fingerprint density at radius 3 is 2.87 bits per heavy atom. The maximum atomic E-state index is 12.4. The van der Waals surface area contributed by atoms with E-state index in [1.165, 1.54) is 18.3 Å². The van der Waals surface area contributed by atoms with Crippen molar-refractivity contribution in [3.05, 3.63) is 24.0 Å². The predicted molar refractivity (Wildman–Crippen MR) is 85.7 cm³/mol. The molecule has 1 aliphatic rings. The largest absolute Gasteiger partial charge is 0.505 e. The highest BCUT2D eigenvalue weighted by Gasteiger charge is 2.32. The SMILES string of the molecule is CC1CC(C)N(C(=O)CNC(=O)c2ncccc2O)CC1CN. The summed E-state index contributed by atoms with van der Waals surface area (Å²) in [6.07, 6.45) is 2.32. The summed E-state index contributed by atoms with van der Waals surface area (Å²) in [7, 11) is 0. The van der Waals surface area contributed by atoms with Crippen molar-refractivity contribution in [2.45, 2.75) is 26.3 Å². The molecule has 1 aromatic rings. The fourth-order valence-electron chi connectivity index (χ4n) is 3.04. The monoisotopic (exact) mass is 320 g/mol. The number of likely N-dealkylation sites (tertiary alicyclic amines) is 1. The van der Waals surface area contributed by atoms with Crippen molar-refractivity contribution in [2.75, 3.05) is 19.6 Å². The van der Waals surface area contributed by atoms with Gasteiger partial charge in [-0.05, 0) is 43.9 Å². The van der Waals surface area contributed by atoms with E-state index in [1.54, 1.807) is 4.90 Å². The Bertz CT molecular complexity index is 578. The molecule has 7 nitrogen and oxygen atoms in total. The fraction of sp³-hybridized carbons (Fsp3) is 0.562. The minimum Gasteiger partial charge on any atom is -0.505 e. The van der Waals surface area contributed by atoms with Crippen LogP contribution in [0, 0.1) is 11.8 Å². The van der Waals surface area contributed by atoms with Crippen LogP contribution in [0.1, 0.15) is 30.8 Å². The number of rotatable bonds is 4. The molecule has 1 saturated heterocycles. The Labute approximate surface area is 135 Å². The van der Waals surface area contributed by atoms with E-state index in [-0.39, 0.29) is 35.9 Å². The molecule has 23 heavy (non-hydrogen) atoms. The Balaban J connectivity index is 1.94. The average molecular weight is 320 g/mol. The summed E-state index contributed by atoms with van der Waals surface area (Å²) in [5.41, 5.74) is 5.69. The second-order valence-electron chi connectivity index (χ2n) is 6.16. The van der Waals surface area contributed by atoms with Crippen LogP contribution in [-0.2, 0) is 4.79 Å². The van der Waals surface area contributed by atoms with Crippen molar-refractivity contribution in [3.63, 3.8) is 0 Å². The van der Waals surface area contributed by atoms with Gasteiger partial charge in [-0.15, -0.1) is 0 Å². The van der Waals surface area contributed by atoms with Gasteiger partial charge >= 0.3 is 0 Å². The zero-order chi connectivity index (χ0) is 17.0. The van der Waals surface area contributed by atoms with Gasteiger partial charge in [-0.2, -0.15) is 0 Å². The molecule has 0 radical (unpaired) electrons. The average Bonchev–Trinajstić information content (AvgIpc) is 2.53. The Morgan fingerprint density at radius 1 is 1.48 bits per heavy atom. The smallest absolute Gasteiger partial charge is 0.274 e. The molecular weight excluding hydrogens is 296 g/mol. The molecule has 0 aromatic carbocycles. The van der Waals surface area contributed by atoms with Crippen LogP contribution in [0.15, 0.2) is 18.3 Å². The number of aromatic hydroxyl groups is 1. The van der Waals surface area contributed by atoms with Crippen LogP contribution in [0.25, 0.3) is 0 Å². The molecule has 0 aliphatic carbocycles. The molecule has 2 rings (SSSR count). The summed E-state index contributed by atoms with van der Waals surface area (Å²) >= 11 is 0. The van der Waals surface area contributed by atoms with Gasteiger partial charge in [-0.3, -0.25) is 9.59 Å². The summed E-state index contributed by atoms with van der Waals surface area (Å²) < 4.78 is 0. The molecule has 0 bridgehead atoms. The number of amides is 2. The minimum absolute atomic E-state index is 0.0829. The van der Waals surface area contributed by atoms with Gasteiger partial charge in [0.15, 0.2) is 5.69 Å². The molecular formula is C16H24N4O3. The van der Waals surface area contributed by atoms with E-state index >= 15 is 0 Å².